The van der Waals surface area contributed by atoms with Gasteiger partial charge in [0.1, 0.15) is 5.82 Å². The summed E-state index contributed by atoms with van der Waals surface area (Å²) < 4.78 is 37.6. The van der Waals surface area contributed by atoms with Gasteiger partial charge in [-0.25, -0.2) is 9.89 Å². The topological polar surface area (TPSA) is 90.6 Å². The van der Waals surface area contributed by atoms with Crippen LogP contribution in [0.4, 0.5) is 13.2 Å². The zero-order valence-corrected chi connectivity index (χ0v) is 12.4. The largest absolute Gasteiger partial charge is 0.416 e. The third-order valence-electron chi connectivity index (χ3n) is 2.97. The lowest BCUT2D eigenvalue weighted by molar-refractivity contribution is -0.137. The Morgan fingerprint density at radius 2 is 2.09 bits per heavy atom. The van der Waals surface area contributed by atoms with Gasteiger partial charge in [0.05, 0.1) is 16.1 Å². The highest BCUT2D eigenvalue weighted by atomic mass is 35.5. The van der Waals surface area contributed by atoms with Crippen LogP contribution < -0.4 is 11.0 Å². The van der Waals surface area contributed by atoms with Crippen molar-refractivity contribution in [1.82, 2.24) is 20.5 Å². The van der Waals surface area contributed by atoms with Crippen molar-refractivity contribution in [1.29, 1.82) is 0 Å². The van der Waals surface area contributed by atoms with Gasteiger partial charge >= 0.3 is 11.9 Å². The van der Waals surface area contributed by atoms with Crippen LogP contribution in [0.25, 0.3) is 0 Å². The van der Waals surface area contributed by atoms with Gasteiger partial charge in [-0.1, -0.05) is 11.6 Å². The Labute approximate surface area is 133 Å². The molecule has 1 heterocycles. The van der Waals surface area contributed by atoms with Crippen molar-refractivity contribution >= 4 is 17.5 Å². The number of nitrogens with zero attached hydrogens (tertiary/aromatic N) is 1. The Bertz CT molecular complexity index is 754. The minimum absolute atomic E-state index is 0.0344. The number of nitrogens with one attached hydrogen (secondary N) is 3. The van der Waals surface area contributed by atoms with E-state index in [4.69, 9.17) is 11.6 Å². The normalized spacial score (nSPS) is 11.5. The molecule has 0 spiro atoms. The van der Waals surface area contributed by atoms with Gasteiger partial charge in [-0.2, -0.15) is 18.3 Å². The lowest BCUT2D eigenvalue weighted by Crippen LogP contribution is -2.25. The van der Waals surface area contributed by atoms with Crippen LogP contribution in [-0.2, 0) is 12.6 Å². The molecule has 3 N–H and O–H groups in total. The number of benzene rings is 1. The van der Waals surface area contributed by atoms with Crippen molar-refractivity contribution in [3.8, 4) is 0 Å². The number of hydrogen-bond donors (Lipinski definition) is 3. The number of alkyl halides is 3. The van der Waals surface area contributed by atoms with Gasteiger partial charge in [0.2, 0.25) is 0 Å². The van der Waals surface area contributed by atoms with Crippen molar-refractivity contribution < 1.29 is 18.0 Å². The highest BCUT2D eigenvalue weighted by Crippen LogP contribution is 2.32. The molecule has 0 fully saturated rings. The van der Waals surface area contributed by atoms with Crippen molar-refractivity contribution in [3.63, 3.8) is 0 Å². The molecule has 10 heteroatoms. The van der Waals surface area contributed by atoms with E-state index in [2.05, 4.69) is 20.5 Å². The number of carbonyl (C=O) groups excluding carboxylic acids is 1. The molecule has 0 bridgehead atoms. The first-order valence-electron chi connectivity index (χ1n) is 6.56. The van der Waals surface area contributed by atoms with E-state index in [9.17, 15) is 22.8 Å². The quantitative estimate of drug-likeness (QED) is 0.723. The van der Waals surface area contributed by atoms with Gasteiger partial charge in [0.15, 0.2) is 0 Å². The van der Waals surface area contributed by atoms with E-state index in [-0.39, 0.29) is 17.1 Å². The molecule has 0 atom stereocenters. The first-order valence-corrected chi connectivity index (χ1v) is 6.93. The molecule has 1 aromatic heterocycles. The van der Waals surface area contributed by atoms with Gasteiger partial charge in [-0.05, 0) is 24.6 Å². The molecule has 1 aromatic carbocycles. The molecule has 2 aromatic rings. The van der Waals surface area contributed by atoms with E-state index in [0.29, 0.717) is 24.7 Å². The molecule has 0 unspecified atom stereocenters. The fraction of sp³-hybridized carbons (Fsp3) is 0.308. The highest BCUT2D eigenvalue weighted by molar-refractivity contribution is 6.33. The molecule has 0 aliphatic rings. The van der Waals surface area contributed by atoms with Crippen LogP contribution in [0, 0.1) is 0 Å². The second-order valence-corrected chi connectivity index (χ2v) is 5.08. The summed E-state index contributed by atoms with van der Waals surface area (Å²) in [6.45, 7) is 0.255. The van der Waals surface area contributed by atoms with Gasteiger partial charge in [-0.15, -0.1) is 0 Å². The monoisotopic (exact) mass is 348 g/mol. The van der Waals surface area contributed by atoms with E-state index in [1.54, 1.807) is 0 Å². The highest BCUT2D eigenvalue weighted by Gasteiger charge is 2.31. The maximum absolute atomic E-state index is 12.5. The number of H-pyrrole nitrogens is 2. The third kappa shape index (κ3) is 4.59. The molecule has 1 amide bonds. The lowest BCUT2D eigenvalue weighted by Gasteiger charge is -2.10. The van der Waals surface area contributed by atoms with E-state index in [1.807, 2.05) is 0 Å². The van der Waals surface area contributed by atoms with Crippen LogP contribution in [0.15, 0.2) is 23.0 Å². The number of rotatable bonds is 5. The smallest absolute Gasteiger partial charge is 0.352 e. The Balaban J connectivity index is 1.89. The number of halogens is 4. The molecule has 2 rings (SSSR count). The molecular formula is C13H12ClF3N4O2. The van der Waals surface area contributed by atoms with Crippen molar-refractivity contribution in [3.05, 3.63) is 50.7 Å². The van der Waals surface area contributed by atoms with Gasteiger partial charge < -0.3 is 5.32 Å². The summed E-state index contributed by atoms with van der Waals surface area (Å²) in [6, 6.07) is 2.55. The van der Waals surface area contributed by atoms with E-state index < -0.39 is 23.3 Å². The fourth-order valence-electron chi connectivity index (χ4n) is 1.85. The number of aromatic amines is 2. The summed E-state index contributed by atoms with van der Waals surface area (Å²) in [5.41, 5.74) is -1.37. The Kier molecular flexibility index (Phi) is 5.09. The summed E-state index contributed by atoms with van der Waals surface area (Å²) in [5, 5.41) is 8.19. The first kappa shape index (κ1) is 17.1. The van der Waals surface area contributed by atoms with E-state index in [1.165, 1.54) is 0 Å². The molecule has 6 nitrogen and oxygen atoms in total. The average Bonchev–Trinajstić information content (AvgIpc) is 2.88. The molecule has 0 saturated heterocycles. The summed E-state index contributed by atoms with van der Waals surface area (Å²) in [5.74, 6) is -0.115. The average molecular weight is 349 g/mol. The van der Waals surface area contributed by atoms with Crippen LogP contribution in [0.1, 0.15) is 28.2 Å². The van der Waals surface area contributed by atoms with Crippen LogP contribution in [0.2, 0.25) is 5.02 Å². The van der Waals surface area contributed by atoms with Crippen molar-refractivity contribution in [2.75, 3.05) is 6.54 Å². The summed E-state index contributed by atoms with van der Waals surface area (Å²) >= 11 is 5.73. The molecule has 0 saturated carbocycles. The standard InChI is InChI=1S/C13H12ClF3N4O2/c14-9-6-7(13(15,16)17)3-4-8(9)11(22)18-5-1-2-10-19-12(23)21-20-10/h3-4,6H,1-2,5H2,(H,18,22)(H2,19,20,21,23). The minimum Gasteiger partial charge on any atom is -0.352 e. The molecule has 0 aliphatic carbocycles. The lowest BCUT2D eigenvalue weighted by atomic mass is 10.1. The second-order valence-electron chi connectivity index (χ2n) is 4.68. The fourth-order valence-corrected chi connectivity index (χ4v) is 2.12. The number of carbonyl (C=O) groups is 1. The maximum atomic E-state index is 12.5. The minimum atomic E-state index is -4.51. The molecular weight excluding hydrogens is 337 g/mol. The second kappa shape index (κ2) is 6.86. The number of amides is 1. The Morgan fingerprint density at radius 1 is 1.35 bits per heavy atom. The van der Waals surface area contributed by atoms with Crippen molar-refractivity contribution in [2.24, 2.45) is 0 Å². The van der Waals surface area contributed by atoms with Gasteiger partial charge in [0.25, 0.3) is 5.91 Å². The van der Waals surface area contributed by atoms with Crippen molar-refractivity contribution in [2.45, 2.75) is 19.0 Å². The van der Waals surface area contributed by atoms with Gasteiger partial charge in [0, 0.05) is 13.0 Å². The number of aryl methyl sites for hydroxylation is 1. The summed E-state index contributed by atoms with van der Waals surface area (Å²) in [7, 11) is 0. The maximum Gasteiger partial charge on any atom is 0.416 e. The van der Waals surface area contributed by atoms with Crippen LogP contribution in [0.5, 0.6) is 0 Å². The predicted octanol–water partition coefficient (Wildman–Crippen LogP) is 2.13. The molecule has 124 valence electrons. The summed E-state index contributed by atoms with van der Waals surface area (Å²) in [6.07, 6.45) is -3.59. The van der Waals surface area contributed by atoms with E-state index in [0.717, 1.165) is 12.1 Å². The zero-order chi connectivity index (χ0) is 17.0. The predicted molar refractivity (Wildman–Crippen MR) is 76.3 cm³/mol. The number of aromatic nitrogens is 3. The SMILES string of the molecule is O=C(NCCCc1n[nH]c(=O)[nH]1)c1ccc(C(F)(F)F)cc1Cl. The molecule has 0 radical (unpaired) electrons. The molecule has 23 heavy (non-hydrogen) atoms. The molecule has 0 aliphatic heterocycles. The Hall–Kier alpha value is -2.29. The first-order chi connectivity index (χ1) is 10.8. The van der Waals surface area contributed by atoms with Crippen LogP contribution in [-0.4, -0.2) is 27.6 Å². The van der Waals surface area contributed by atoms with Gasteiger partial charge in [-0.3, -0.25) is 9.78 Å². The summed E-state index contributed by atoms with van der Waals surface area (Å²) in [4.78, 5) is 25.2. The third-order valence-corrected chi connectivity index (χ3v) is 3.28. The number of hydrogen-bond acceptors (Lipinski definition) is 3. The van der Waals surface area contributed by atoms with E-state index >= 15 is 0 Å². The van der Waals surface area contributed by atoms with Crippen LogP contribution >= 0.6 is 11.6 Å². The van der Waals surface area contributed by atoms with Crippen LogP contribution in [0.3, 0.4) is 0 Å². The Morgan fingerprint density at radius 3 is 2.65 bits per heavy atom. The zero-order valence-electron chi connectivity index (χ0n) is 11.6.